The Morgan fingerprint density at radius 1 is 1.09 bits per heavy atom. The van der Waals surface area contributed by atoms with Crippen LogP contribution in [0.3, 0.4) is 0 Å². The number of nitrogens with one attached hydrogen (secondary N) is 2. The van der Waals surface area contributed by atoms with Crippen LogP contribution < -0.4 is 11.1 Å². The number of nitrogens with zero attached hydrogens (tertiary/aromatic N) is 2. The Morgan fingerprint density at radius 2 is 1.91 bits per heavy atom. The van der Waals surface area contributed by atoms with Crippen molar-refractivity contribution in [2.45, 2.75) is 25.6 Å². The molecule has 3 aromatic carbocycles. The van der Waals surface area contributed by atoms with Gasteiger partial charge in [-0.2, -0.15) is 0 Å². The summed E-state index contributed by atoms with van der Waals surface area (Å²) >= 11 is 12.2. The second-order valence-electron chi connectivity index (χ2n) is 7.95. The molecule has 1 aliphatic rings. The van der Waals surface area contributed by atoms with E-state index in [4.69, 9.17) is 28.9 Å². The van der Waals surface area contributed by atoms with Crippen molar-refractivity contribution in [1.82, 2.24) is 14.9 Å². The molecule has 4 N–H and O–H groups in total. The molecule has 8 heteroatoms. The van der Waals surface area contributed by atoms with E-state index in [1.807, 2.05) is 42.5 Å². The van der Waals surface area contributed by atoms with E-state index in [2.05, 4.69) is 21.4 Å². The van der Waals surface area contributed by atoms with Crippen LogP contribution >= 0.6 is 23.2 Å². The van der Waals surface area contributed by atoms with E-state index < -0.39 is 6.04 Å². The number of carbonyl (C=O) groups is 1. The molecule has 0 fully saturated rings. The number of carbonyl (C=O) groups excluding carboxylic acids is 1. The SMILES string of the molecule is N[C@H](Cc1ccc(Cl)cc1Cl)C(=O)N1Cc2ccc(Nc3nc4ccccc4[nH]3)cc2C1. The van der Waals surface area contributed by atoms with Crippen LogP contribution in [0.1, 0.15) is 16.7 Å². The quantitative estimate of drug-likeness (QED) is 0.385. The van der Waals surface area contributed by atoms with Gasteiger partial charge < -0.3 is 20.9 Å². The van der Waals surface area contributed by atoms with Gasteiger partial charge in [-0.3, -0.25) is 4.79 Å². The summed E-state index contributed by atoms with van der Waals surface area (Å²) in [5.74, 6) is 0.581. The Labute approximate surface area is 195 Å². The molecule has 0 saturated heterocycles. The van der Waals surface area contributed by atoms with Crippen molar-refractivity contribution in [3.05, 3.63) is 87.4 Å². The van der Waals surface area contributed by atoms with Gasteiger partial charge in [0.15, 0.2) is 0 Å². The lowest BCUT2D eigenvalue weighted by atomic mass is 10.1. The van der Waals surface area contributed by atoms with Crippen molar-refractivity contribution in [2.75, 3.05) is 5.32 Å². The molecule has 32 heavy (non-hydrogen) atoms. The first-order chi connectivity index (χ1) is 15.5. The number of aromatic amines is 1. The third-order valence-electron chi connectivity index (χ3n) is 5.66. The van der Waals surface area contributed by atoms with E-state index in [-0.39, 0.29) is 5.91 Å². The van der Waals surface area contributed by atoms with E-state index in [1.165, 1.54) is 0 Å². The molecule has 6 nitrogen and oxygen atoms in total. The van der Waals surface area contributed by atoms with Crippen molar-refractivity contribution in [2.24, 2.45) is 5.73 Å². The Balaban J connectivity index is 1.26. The van der Waals surface area contributed by atoms with Crippen LogP contribution in [0.15, 0.2) is 60.7 Å². The lowest BCUT2D eigenvalue weighted by molar-refractivity contribution is -0.133. The van der Waals surface area contributed by atoms with Crippen molar-refractivity contribution >= 4 is 51.8 Å². The molecule has 0 saturated carbocycles. The van der Waals surface area contributed by atoms with E-state index in [1.54, 1.807) is 17.0 Å². The number of nitrogens with two attached hydrogens (primary N) is 1. The Bertz CT molecular complexity index is 1290. The minimum atomic E-state index is -0.670. The van der Waals surface area contributed by atoms with E-state index in [9.17, 15) is 4.79 Å². The maximum absolute atomic E-state index is 13.0. The van der Waals surface area contributed by atoms with E-state index in [0.717, 1.165) is 33.4 Å². The van der Waals surface area contributed by atoms with Gasteiger partial charge in [0.25, 0.3) is 0 Å². The molecular formula is C24H21Cl2N5O. The lowest BCUT2D eigenvalue weighted by Gasteiger charge is -2.20. The fourth-order valence-corrected chi connectivity index (χ4v) is 4.51. The highest BCUT2D eigenvalue weighted by molar-refractivity contribution is 6.35. The van der Waals surface area contributed by atoms with Gasteiger partial charge >= 0.3 is 0 Å². The topological polar surface area (TPSA) is 87.0 Å². The molecule has 162 valence electrons. The Morgan fingerprint density at radius 3 is 2.72 bits per heavy atom. The molecule has 1 atom stereocenters. The molecule has 4 aromatic rings. The van der Waals surface area contributed by atoms with Gasteiger partial charge in [0.05, 0.1) is 17.1 Å². The zero-order chi connectivity index (χ0) is 22.2. The van der Waals surface area contributed by atoms with E-state index in [0.29, 0.717) is 35.5 Å². The predicted molar refractivity (Wildman–Crippen MR) is 128 cm³/mol. The highest BCUT2D eigenvalue weighted by Crippen LogP contribution is 2.28. The van der Waals surface area contributed by atoms with Crippen LogP contribution in [-0.4, -0.2) is 26.8 Å². The number of halogens is 2. The first kappa shape index (κ1) is 20.8. The van der Waals surface area contributed by atoms with Gasteiger partial charge in [-0.25, -0.2) is 4.98 Å². The fourth-order valence-electron chi connectivity index (χ4n) is 4.02. The van der Waals surface area contributed by atoms with Crippen LogP contribution in [0.4, 0.5) is 11.6 Å². The number of imidazole rings is 1. The number of hydrogen-bond donors (Lipinski definition) is 3. The van der Waals surface area contributed by atoms with Gasteiger partial charge in [-0.15, -0.1) is 0 Å². The third kappa shape index (κ3) is 4.17. The van der Waals surface area contributed by atoms with Gasteiger partial charge in [0.2, 0.25) is 11.9 Å². The second kappa shape index (κ2) is 8.47. The van der Waals surface area contributed by atoms with Crippen molar-refractivity contribution in [1.29, 1.82) is 0 Å². The predicted octanol–water partition coefficient (Wildman–Crippen LogP) is 5.03. The first-order valence-corrected chi connectivity index (χ1v) is 11.0. The lowest BCUT2D eigenvalue weighted by Crippen LogP contribution is -2.42. The van der Waals surface area contributed by atoms with Gasteiger partial charge in [0.1, 0.15) is 0 Å². The molecule has 1 amide bonds. The molecule has 0 spiro atoms. The summed E-state index contributed by atoms with van der Waals surface area (Å²) in [5, 5.41) is 4.39. The largest absolute Gasteiger partial charge is 0.333 e. The average Bonchev–Trinajstić information content (AvgIpc) is 3.38. The van der Waals surface area contributed by atoms with Crippen molar-refractivity contribution < 1.29 is 4.79 Å². The Hall–Kier alpha value is -3.06. The molecule has 0 aliphatic carbocycles. The number of amides is 1. The minimum Gasteiger partial charge on any atom is -0.333 e. The summed E-state index contributed by atoms with van der Waals surface area (Å²) in [6.07, 6.45) is 0.362. The maximum Gasteiger partial charge on any atom is 0.240 e. The number of para-hydroxylation sites is 2. The highest BCUT2D eigenvalue weighted by atomic mass is 35.5. The van der Waals surface area contributed by atoms with Crippen LogP contribution in [-0.2, 0) is 24.3 Å². The molecule has 0 unspecified atom stereocenters. The normalized spacial score (nSPS) is 13.9. The summed E-state index contributed by atoms with van der Waals surface area (Å²) < 4.78 is 0. The van der Waals surface area contributed by atoms with Crippen LogP contribution in [0, 0.1) is 0 Å². The summed E-state index contributed by atoms with van der Waals surface area (Å²) in [6.45, 7) is 1.06. The minimum absolute atomic E-state index is 0.0981. The van der Waals surface area contributed by atoms with Crippen LogP contribution in [0.25, 0.3) is 11.0 Å². The zero-order valence-electron chi connectivity index (χ0n) is 17.1. The van der Waals surface area contributed by atoms with Gasteiger partial charge in [-0.05, 0) is 59.5 Å². The first-order valence-electron chi connectivity index (χ1n) is 10.3. The number of fused-ring (bicyclic) bond motifs is 2. The van der Waals surface area contributed by atoms with Crippen molar-refractivity contribution in [3.8, 4) is 0 Å². The molecule has 0 bridgehead atoms. The summed E-state index contributed by atoms with van der Waals surface area (Å²) in [7, 11) is 0. The second-order valence-corrected chi connectivity index (χ2v) is 8.80. The van der Waals surface area contributed by atoms with Crippen LogP contribution in [0.5, 0.6) is 0 Å². The number of H-pyrrole nitrogens is 1. The fraction of sp³-hybridized carbons (Fsp3) is 0.167. The zero-order valence-corrected chi connectivity index (χ0v) is 18.6. The Kier molecular flexibility index (Phi) is 5.51. The highest BCUT2D eigenvalue weighted by Gasteiger charge is 2.28. The molecular weight excluding hydrogens is 445 g/mol. The smallest absolute Gasteiger partial charge is 0.240 e. The van der Waals surface area contributed by atoms with Crippen molar-refractivity contribution in [3.63, 3.8) is 0 Å². The number of anilines is 2. The van der Waals surface area contributed by atoms with Gasteiger partial charge in [0, 0.05) is 28.8 Å². The third-order valence-corrected chi connectivity index (χ3v) is 6.25. The summed E-state index contributed by atoms with van der Waals surface area (Å²) in [4.78, 5) is 22.6. The number of benzene rings is 3. The summed E-state index contributed by atoms with van der Waals surface area (Å²) in [6, 6.07) is 18.5. The van der Waals surface area contributed by atoms with Crippen LogP contribution in [0.2, 0.25) is 10.0 Å². The molecule has 2 heterocycles. The average molecular weight is 466 g/mol. The molecule has 0 radical (unpaired) electrons. The molecule has 1 aromatic heterocycles. The number of hydrogen-bond acceptors (Lipinski definition) is 4. The van der Waals surface area contributed by atoms with Gasteiger partial charge in [-0.1, -0.05) is 47.5 Å². The van der Waals surface area contributed by atoms with E-state index >= 15 is 0 Å². The maximum atomic E-state index is 13.0. The molecule has 5 rings (SSSR count). The summed E-state index contributed by atoms with van der Waals surface area (Å²) in [5.41, 5.74) is 12.0. The monoisotopic (exact) mass is 465 g/mol. The number of rotatable bonds is 5. The molecule has 1 aliphatic heterocycles. The number of aromatic nitrogens is 2. The standard InChI is InChI=1S/C24H21Cl2N5O/c25-17-7-5-14(19(26)11-17)10-20(27)23(32)31-12-15-6-8-18(9-16(15)13-31)28-24-29-21-3-1-2-4-22(21)30-24/h1-9,11,20H,10,12-13,27H2,(H2,28,29,30)/t20-/m1/s1.